The summed E-state index contributed by atoms with van der Waals surface area (Å²) < 4.78 is 6.33. The number of ether oxygens (including phenoxy) is 1. The van der Waals surface area contributed by atoms with Gasteiger partial charge in [-0.3, -0.25) is 0 Å². The number of hydrogen-bond acceptors (Lipinski definition) is 1. The Labute approximate surface area is 102 Å². The van der Waals surface area contributed by atoms with E-state index < -0.39 is 0 Å². The summed E-state index contributed by atoms with van der Waals surface area (Å²) in [6.07, 6.45) is 3.29. The Morgan fingerprint density at radius 2 is 1.50 bits per heavy atom. The topological polar surface area (TPSA) is 13.1 Å². The normalized spacial score (nSPS) is 7.25. The molecule has 0 N–H and O–H groups in total. The molecule has 0 atom stereocenters. The third-order valence-corrected chi connectivity index (χ3v) is 1.31. The number of aromatic nitrogens is 1. The molecule has 0 spiro atoms. The fourth-order valence-electron chi connectivity index (χ4n) is 0.609. The van der Waals surface area contributed by atoms with Crippen molar-refractivity contribution in [1.82, 2.24) is 0 Å². The molecule has 0 unspecified atom stereocenters. The van der Waals surface area contributed by atoms with Gasteiger partial charge in [0.25, 0.3) is 0 Å². The molecule has 0 aliphatic rings. The Hall–Kier alpha value is -0.890. The van der Waals surface area contributed by atoms with Crippen LogP contribution in [0.1, 0.15) is 39.8 Å². The van der Waals surface area contributed by atoms with Crippen LogP contribution in [0.5, 0.6) is 0 Å². The van der Waals surface area contributed by atoms with Crippen LogP contribution in [-0.2, 0) is 11.8 Å². The van der Waals surface area contributed by atoms with Crippen molar-refractivity contribution in [2.45, 2.75) is 41.0 Å². The summed E-state index contributed by atoms with van der Waals surface area (Å²) in [5.41, 5.74) is 1.28. The maximum absolute atomic E-state index is 4.25. The van der Waals surface area contributed by atoms with Crippen LogP contribution in [0.2, 0.25) is 0 Å². The van der Waals surface area contributed by atoms with Gasteiger partial charge >= 0.3 is 0 Å². The van der Waals surface area contributed by atoms with E-state index in [0.29, 0.717) is 0 Å². The fourth-order valence-corrected chi connectivity index (χ4v) is 0.609. The van der Waals surface area contributed by atoms with Crippen molar-refractivity contribution in [3.8, 4) is 0 Å². The second kappa shape index (κ2) is 19.6. The van der Waals surface area contributed by atoms with Crippen LogP contribution in [-0.4, -0.2) is 14.2 Å². The minimum atomic E-state index is 1.25. The zero-order chi connectivity index (χ0) is 13.4. The molecular weight excluding hydrogens is 198 g/mol. The molecule has 0 saturated carbocycles. The van der Waals surface area contributed by atoms with Crippen LogP contribution < -0.4 is 4.57 Å². The highest BCUT2D eigenvalue weighted by molar-refractivity contribution is 4.93. The summed E-state index contributed by atoms with van der Waals surface area (Å²) >= 11 is 0. The van der Waals surface area contributed by atoms with Gasteiger partial charge in [-0.2, -0.15) is 0 Å². The number of methoxy groups -OCH3 is 1. The van der Waals surface area contributed by atoms with Crippen molar-refractivity contribution in [3.63, 3.8) is 0 Å². The van der Waals surface area contributed by atoms with Crippen molar-refractivity contribution in [1.29, 1.82) is 0 Å². The van der Waals surface area contributed by atoms with E-state index in [1.54, 1.807) is 14.2 Å². The quantitative estimate of drug-likeness (QED) is 0.619. The molecule has 1 aromatic heterocycles. The molecule has 1 rings (SSSR count). The number of nitrogens with zero attached hydrogens (tertiary/aromatic N) is 1. The van der Waals surface area contributed by atoms with E-state index in [4.69, 9.17) is 0 Å². The van der Waals surface area contributed by atoms with E-state index in [1.807, 2.05) is 39.2 Å². The molecule has 1 heterocycles. The average Bonchev–Trinajstić information content (AvgIpc) is 2.28. The van der Waals surface area contributed by atoms with E-state index >= 15 is 0 Å². The van der Waals surface area contributed by atoms with E-state index in [0.717, 1.165) is 0 Å². The van der Waals surface area contributed by atoms with E-state index in [9.17, 15) is 0 Å². The summed E-state index contributed by atoms with van der Waals surface area (Å²) in [6.45, 7) is 10.3. The van der Waals surface area contributed by atoms with Crippen molar-refractivity contribution in [2.24, 2.45) is 7.05 Å². The molecule has 1 aromatic rings. The Kier molecular flexibility index (Phi) is 25.2. The summed E-state index contributed by atoms with van der Waals surface area (Å²) in [4.78, 5) is 0. The van der Waals surface area contributed by atoms with Crippen LogP contribution in [0.25, 0.3) is 0 Å². The zero-order valence-corrected chi connectivity index (χ0v) is 12.4. The Balaban J connectivity index is -0.000000179. The summed E-state index contributed by atoms with van der Waals surface area (Å²) in [5.74, 6) is 0. The summed E-state index contributed by atoms with van der Waals surface area (Å²) in [7, 11) is 5.29. The Morgan fingerprint density at radius 3 is 1.69 bits per heavy atom. The van der Waals surface area contributed by atoms with Crippen molar-refractivity contribution in [2.75, 3.05) is 14.2 Å². The van der Waals surface area contributed by atoms with Gasteiger partial charge in [0, 0.05) is 33.3 Å². The van der Waals surface area contributed by atoms with Crippen molar-refractivity contribution in [3.05, 3.63) is 30.1 Å². The molecule has 96 valence electrons. The van der Waals surface area contributed by atoms with Gasteiger partial charge in [-0.1, -0.05) is 40.2 Å². The molecule has 0 radical (unpaired) electrons. The highest BCUT2D eigenvalue weighted by Gasteiger charge is 1.91. The third kappa shape index (κ3) is 18.8. The largest absolute Gasteiger partial charge is 0.388 e. The van der Waals surface area contributed by atoms with Gasteiger partial charge in [0.15, 0.2) is 11.9 Å². The van der Waals surface area contributed by atoms with Gasteiger partial charge < -0.3 is 4.74 Å². The van der Waals surface area contributed by atoms with Crippen LogP contribution in [0.15, 0.2) is 24.4 Å². The predicted molar refractivity (Wildman–Crippen MR) is 72.6 cm³/mol. The first-order valence-electron chi connectivity index (χ1n) is 5.95. The van der Waals surface area contributed by atoms with E-state index in [2.05, 4.69) is 36.1 Å². The van der Waals surface area contributed by atoms with Crippen molar-refractivity contribution >= 4 is 0 Å². The molecule has 0 aliphatic carbocycles. The molecule has 0 aliphatic heterocycles. The lowest BCUT2D eigenvalue weighted by molar-refractivity contribution is -0.677. The second-order valence-corrected chi connectivity index (χ2v) is 3.07. The summed E-state index contributed by atoms with van der Waals surface area (Å²) in [6, 6.07) is 6.14. The molecule has 0 bridgehead atoms. The van der Waals surface area contributed by atoms with Gasteiger partial charge in [-0.05, 0) is 0 Å². The number of pyridine rings is 1. The minimum Gasteiger partial charge on any atom is -0.388 e. The first kappa shape index (κ1) is 20.5. The number of hydrogen-bond donors (Lipinski definition) is 0. The molecule has 2 nitrogen and oxygen atoms in total. The van der Waals surface area contributed by atoms with Gasteiger partial charge in [-0.15, -0.1) is 0 Å². The third-order valence-electron chi connectivity index (χ3n) is 1.31. The standard InChI is InChI=1S/C7H10N.C3H8.C2H6O.C2H6/c1-7-5-3-4-6-8(7)2;2*1-3-2;1-2/h3-6H,1-2H3;3H2,1-2H3;1-2H3;1-2H3/q+1;;;. The van der Waals surface area contributed by atoms with Gasteiger partial charge in [0.1, 0.15) is 7.05 Å². The van der Waals surface area contributed by atoms with Crippen LogP contribution in [0, 0.1) is 6.92 Å². The van der Waals surface area contributed by atoms with E-state index in [-0.39, 0.29) is 0 Å². The predicted octanol–water partition coefficient (Wildman–Crippen LogP) is 3.52. The maximum atomic E-state index is 4.25. The highest BCUT2D eigenvalue weighted by atomic mass is 16.4. The Bertz CT molecular complexity index is 189. The second-order valence-electron chi connectivity index (χ2n) is 3.07. The first-order valence-corrected chi connectivity index (χ1v) is 5.95. The highest BCUT2D eigenvalue weighted by Crippen LogP contribution is 1.83. The summed E-state index contributed by atoms with van der Waals surface area (Å²) in [5, 5.41) is 0. The van der Waals surface area contributed by atoms with Gasteiger partial charge in [0.2, 0.25) is 0 Å². The zero-order valence-electron chi connectivity index (χ0n) is 12.4. The SMILES string of the molecule is CC.CCC.COC.Cc1cccc[n+]1C. The van der Waals surface area contributed by atoms with Crippen LogP contribution in [0.4, 0.5) is 0 Å². The molecule has 0 fully saturated rings. The molecule has 0 aromatic carbocycles. The monoisotopic (exact) mass is 228 g/mol. The lowest BCUT2D eigenvalue weighted by Gasteiger charge is -1.87. The number of rotatable bonds is 0. The minimum absolute atomic E-state index is 1.25. The lowest BCUT2D eigenvalue weighted by atomic mass is 10.4. The van der Waals surface area contributed by atoms with Crippen LogP contribution >= 0.6 is 0 Å². The first-order chi connectivity index (χ1) is 7.63. The molecule has 16 heavy (non-hydrogen) atoms. The van der Waals surface area contributed by atoms with Crippen LogP contribution in [0.3, 0.4) is 0 Å². The number of aryl methyl sites for hydroxylation is 2. The van der Waals surface area contributed by atoms with Gasteiger partial charge in [-0.25, -0.2) is 4.57 Å². The molecule has 2 heteroatoms. The van der Waals surface area contributed by atoms with Gasteiger partial charge in [0.05, 0.1) is 0 Å². The van der Waals surface area contributed by atoms with Crippen molar-refractivity contribution < 1.29 is 9.30 Å². The fraction of sp³-hybridized carbons (Fsp3) is 0.643. The maximum Gasteiger partial charge on any atom is 0.177 e. The Morgan fingerprint density at radius 1 is 1.12 bits per heavy atom. The molecule has 0 amide bonds. The molecule has 0 saturated heterocycles. The smallest absolute Gasteiger partial charge is 0.177 e. The lowest BCUT2D eigenvalue weighted by Crippen LogP contribution is -2.30. The molecular formula is C14H30NO+. The average molecular weight is 228 g/mol. The van der Waals surface area contributed by atoms with E-state index in [1.165, 1.54) is 12.1 Å².